The van der Waals surface area contributed by atoms with Crippen LogP contribution in [0.25, 0.3) is 5.69 Å². The largest absolute Gasteiger partial charge is 0.496 e. The molecule has 1 heterocycles. The number of hydrogen-bond donors (Lipinski definition) is 0. The standard InChI is InChI=1S/C20H14F3N3O6/c1-11-8-16(27)18(24-25(11)13-5-3-4-12(9-13)20(21,22)23)19(28)32-17-7-6-14(31-2)10-15(17)26(29)30/h3-10H,1-2H3. The Hall–Kier alpha value is -4.22. The molecule has 3 aromatic rings. The number of esters is 1. The van der Waals surface area contributed by atoms with Crippen LogP contribution < -0.4 is 14.9 Å². The summed E-state index contributed by atoms with van der Waals surface area (Å²) in [5, 5.41) is 15.1. The third kappa shape index (κ3) is 4.58. The highest BCUT2D eigenvalue weighted by molar-refractivity contribution is 5.89. The summed E-state index contributed by atoms with van der Waals surface area (Å²) in [4.78, 5) is 35.3. The normalized spacial score (nSPS) is 11.2. The Kier molecular flexibility index (Phi) is 5.96. The Labute approximate surface area is 177 Å². The number of nitro groups is 1. The fourth-order valence-corrected chi connectivity index (χ4v) is 2.77. The van der Waals surface area contributed by atoms with Crippen molar-refractivity contribution in [2.45, 2.75) is 13.1 Å². The first-order valence-electron chi connectivity index (χ1n) is 8.84. The minimum atomic E-state index is -4.61. The smallest absolute Gasteiger partial charge is 0.416 e. The van der Waals surface area contributed by atoms with Gasteiger partial charge < -0.3 is 9.47 Å². The molecule has 0 bridgehead atoms. The average molecular weight is 449 g/mol. The van der Waals surface area contributed by atoms with Gasteiger partial charge in [-0.3, -0.25) is 14.9 Å². The van der Waals surface area contributed by atoms with Crippen molar-refractivity contribution in [1.29, 1.82) is 0 Å². The monoisotopic (exact) mass is 449 g/mol. The molecule has 0 fully saturated rings. The van der Waals surface area contributed by atoms with Crippen LogP contribution in [0.2, 0.25) is 0 Å². The molecule has 0 amide bonds. The molecule has 2 aromatic carbocycles. The molecule has 0 unspecified atom stereocenters. The van der Waals surface area contributed by atoms with E-state index in [2.05, 4.69) is 5.10 Å². The van der Waals surface area contributed by atoms with Gasteiger partial charge in [0.15, 0.2) is 0 Å². The number of nitrogens with zero attached hydrogens (tertiary/aromatic N) is 3. The van der Waals surface area contributed by atoms with Gasteiger partial charge in [-0.1, -0.05) is 6.07 Å². The van der Waals surface area contributed by atoms with E-state index in [4.69, 9.17) is 9.47 Å². The number of ether oxygens (including phenoxy) is 2. The van der Waals surface area contributed by atoms with Gasteiger partial charge in [-0.25, -0.2) is 9.48 Å². The van der Waals surface area contributed by atoms with E-state index in [0.717, 1.165) is 41.1 Å². The van der Waals surface area contributed by atoms with Crippen LogP contribution in [0.5, 0.6) is 11.5 Å². The third-order valence-corrected chi connectivity index (χ3v) is 4.28. The molecular weight excluding hydrogens is 435 g/mol. The highest BCUT2D eigenvalue weighted by Gasteiger charge is 2.31. The van der Waals surface area contributed by atoms with Gasteiger partial charge in [0.1, 0.15) is 5.75 Å². The van der Waals surface area contributed by atoms with E-state index >= 15 is 0 Å². The van der Waals surface area contributed by atoms with Gasteiger partial charge in [0.25, 0.3) is 0 Å². The maximum atomic E-state index is 13.0. The summed E-state index contributed by atoms with van der Waals surface area (Å²) >= 11 is 0. The Bertz CT molecular complexity index is 1270. The summed E-state index contributed by atoms with van der Waals surface area (Å²) < 4.78 is 50.0. The van der Waals surface area contributed by atoms with Gasteiger partial charge in [-0.05, 0) is 37.3 Å². The topological polar surface area (TPSA) is 114 Å². The summed E-state index contributed by atoms with van der Waals surface area (Å²) in [7, 11) is 1.29. The summed E-state index contributed by atoms with van der Waals surface area (Å²) in [6, 6.07) is 8.54. The molecule has 0 saturated heterocycles. The van der Waals surface area contributed by atoms with Gasteiger partial charge in [0.2, 0.25) is 16.9 Å². The van der Waals surface area contributed by atoms with Crippen molar-refractivity contribution in [3.05, 3.63) is 85.8 Å². The Morgan fingerprint density at radius 2 is 1.88 bits per heavy atom. The molecule has 32 heavy (non-hydrogen) atoms. The molecule has 1 aromatic heterocycles. The zero-order valence-corrected chi connectivity index (χ0v) is 16.5. The lowest BCUT2D eigenvalue weighted by Crippen LogP contribution is -2.26. The van der Waals surface area contributed by atoms with Crippen LogP contribution in [0.15, 0.2) is 53.3 Å². The number of hydrogen-bond acceptors (Lipinski definition) is 7. The van der Waals surface area contributed by atoms with Crippen molar-refractivity contribution in [3.8, 4) is 17.2 Å². The van der Waals surface area contributed by atoms with E-state index in [1.54, 1.807) is 0 Å². The SMILES string of the molecule is COc1ccc(OC(=O)c2nn(-c3cccc(C(F)(F)F)c3)c(C)cc2=O)c([N+](=O)[O-])c1. The molecule has 0 N–H and O–H groups in total. The number of aromatic nitrogens is 2. The molecule has 9 nitrogen and oxygen atoms in total. The maximum absolute atomic E-state index is 13.0. The minimum Gasteiger partial charge on any atom is -0.496 e. The molecule has 0 saturated carbocycles. The Morgan fingerprint density at radius 1 is 1.16 bits per heavy atom. The molecule has 0 atom stereocenters. The van der Waals surface area contributed by atoms with Crippen LogP contribution in [0, 0.1) is 17.0 Å². The average Bonchev–Trinajstić information content (AvgIpc) is 2.73. The number of carbonyl (C=O) groups is 1. The van der Waals surface area contributed by atoms with E-state index in [0.29, 0.717) is 0 Å². The van der Waals surface area contributed by atoms with Crippen molar-refractivity contribution in [1.82, 2.24) is 9.78 Å². The summed E-state index contributed by atoms with van der Waals surface area (Å²) in [5.74, 6) is -1.64. The first-order chi connectivity index (χ1) is 15.0. The summed E-state index contributed by atoms with van der Waals surface area (Å²) in [6.07, 6.45) is -4.61. The highest BCUT2D eigenvalue weighted by Crippen LogP contribution is 2.32. The molecule has 0 radical (unpaired) electrons. The van der Waals surface area contributed by atoms with Crippen molar-refractivity contribution in [2.75, 3.05) is 7.11 Å². The van der Waals surface area contributed by atoms with Gasteiger partial charge in [0, 0.05) is 11.8 Å². The fourth-order valence-electron chi connectivity index (χ4n) is 2.77. The molecule has 0 aliphatic heterocycles. The number of nitro benzene ring substituents is 1. The van der Waals surface area contributed by atoms with E-state index < -0.39 is 45.2 Å². The number of benzene rings is 2. The fraction of sp³-hybridized carbons (Fsp3) is 0.150. The van der Waals surface area contributed by atoms with Crippen molar-refractivity contribution >= 4 is 11.7 Å². The molecule has 166 valence electrons. The molecule has 3 rings (SSSR count). The number of carbonyl (C=O) groups excluding carboxylic acids is 1. The zero-order chi connectivity index (χ0) is 23.6. The van der Waals surface area contributed by atoms with Crippen LogP contribution in [-0.4, -0.2) is 27.8 Å². The second-order valence-electron chi connectivity index (χ2n) is 6.44. The molecule has 12 heteroatoms. The minimum absolute atomic E-state index is 0.0539. The zero-order valence-electron chi connectivity index (χ0n) is 16.5. The molecule has 0 aliphatic carbocycles. The van der Waals surface area contributed by atoms with Crippen LogP contribution in [0.1, 0.15) is 21.7 Å². The van der Waals surface area contributed by atoms with Gasteiger partial charge in [-0.15, -0.1) is 0 Å². The van der Waals surface area contributed by atoms with Gasteiger partial charge in [0.05, 0.1) is 29.4 Å². The molecule has 0 aliphatic rings. The summed E-state index contributed by atoms with van der Waals surface area (Å²) in [6.45, 7) is 1.41. The second kappa shape index (κ2) is 8.49. The van der Waals surface area contributed by atoms with Gasteiger partial charge >= 0.3 is 17.8 Å². The number of aryl methyl sites for hydroxylation is 1. The first-order valence-corrected chi connectivity index (χ1v) is 8.84. The van der Waals surface area contributed by atoms with Gasteiger partial charge in [-0.2, -0.15) is 18.3 Å². The predicted molar refractivity (Wildman–Crippen MR) is 104 cm³/mol. The van der Waals surface area contributed by atoms with Crippen molar-refractivity contribution < 1.29 is 32.4 Å². The lowest BCUT2D eigenvalue weighted by Gasteiger charge is -2.13. The molecular formula is C20H14F3N3O6. The van der Waals surface area contributed by atoms with Crippen LogP contribution in [-0.2, 0) is 6.18 Å². The van der Waals surface area contributed by atoms with Crippen molar-refractivity contribution in [3.63, 3.8) is 0 Å². The third-order valence-electron chi connectivity index (χ3n) is 4.28. The lowest BCUT2D eigenvalue weighted by molar-refractivity contribution is -0.385. The number of rotatable bonds is 5. The molecule has 0 spiro atoms. The van der Waals surface area contributed by atoms with Crippen LogP contribution in [0.4, 0.5) is 18.9 Å². The number of alkyl halides is 3. The van der Waals surface area contributed by atoms with Crippen LogP contribution >= 0.6 is 0 Å². The maximum Gasteiger partial charge on any atom is 0.416 e. The first kappa shape index (κ1) is 22.5. The number of methoxy groups -OCH3 is 1. The summed E-state index contributed by atoms with van der Waals surface area (Å²) in [5.41, 5.74) is -3.08. The van der Waals surface area contributed by atoms with Crippen molar-refractivity contribution in [2.24, 2.45) is 0 Å². The van der Waals surface area contributed by atoms with E-state index in [1.165, 1.54) is 26.2 Å². The van der Waals surface area contributed by atoms with Crippen LogP contribution in [0.3, 0.4) is 0 Å². The van der Waals surface area contributed by atoms with E-state index in [-0.39, 0.29) is 17.1 Å². The lowest BCUT2D eigenvalue weighted by atomic mass is 10.2. The Morgan fingerprint density at radius 3 is 2.50 bits per heavy atom. The highest BCUT2D eigenvalue weighted by atomic mass is 19.4. The van der Waals surface area contributed by atoms with E-state index in [1.807, 2.05) is 0 Å². The number of halogens is 3. The van der Waals surface area contributed by atoms with E-state index in [9.17, 15) is 32.9 Å². The Balaban J connectivity index is 2.03. The predicted octanol–water partition coefficient (Wildman–Crippen LogP) is 3.70. The quantitative estimate of drug-likeness (QED) is 0.253. The second-order valence-corrected chi connectivity index (χ2v) is 6.44.